The van der Waals surface area contributed by atoms with Gasteiger partial charge in [0, 0.05) is 18.9 Å². The molecule has 0 aliphatic heterocycles. The summed E-state index contributed by atoms with van der Waals surface area (Å²) < 4.78 is 38.3. The highest BCUT2D eigenvalue weighted by atomic mass is 19.4. The van der Waals surface area contributed by atoms with Gasteiger partial charge in [0.05, 0.1) is 23.0 Å². The number of nitrogens with zero attached hydrogens (tertiary/aromatic N) is 2. The molecule has 0 saturated heterocycles. The number of hydrogen-bond donors (Lipinski definition) is 1. The highest BCUT2D eigenvalue weighted by Crippen LogP contribution is 2.31. The van der Waals surface area contributed by atoms with Crippen LogP contribution >= 0.6 is 0 Å². The lowest BCUT2D eigenvalue weighted by Gasteiger charge is -2.25. The molecule has 2 heterocycles. The van der Waals surface area contributed by atoms with E-state index in [-0.39, 0.29) is 11.6 Å². The van der Waals surface area contributed by atoms with Gasteiger partial charge in [-0.15, -0.1) is 0 Å². The Hall–Kier alpha value is -1.95. The highest BCUT2D eigenvalue weighted by Gasteiger charge is 2.32. The summed E-state index contributed by atoms with van der Waals surface area (Å²) in [6.07, 6.45) is 1.42. The van der Waals surface area contributed by atoms with Crippen LogP contribution in [0.25, 0.3) is 0 Å². The minimum Gasteiger partial charge on any atom is -0.303 e. The van der Waals surface area contributed by atoms with E-state index in [9.17, 15) is 13.2 Å². The Bertz CT molecular complexity index is 698. The largest absolute Gasteiger partial charge is 0.418 e. The molecule has 0 aromatic carbocycles. The van der Waals surface area contributed by atoms with Gasteiger partial charge in [0.25, 0.3) is 0 Å². The molecule has 6 heteroatoms. The standard InChI is InChI=1S/C17H18F3N3/c1-11-8-13(22-10-14(11)17(18,19)20)9-23-15-6-2-4-12-5-3-7-21-16(12)15/h3,5,7-8,10,15,23H,2,4,6,9H2,1H3. The Morgan fingerprint density at radius 1 is 1.30 bits per heavy atom. The monoisotopic (exact) mass is 321 g/mol. The number of aryl methyl sites for hydroxylation is 2. The first kappa shape index (κ1) is 15.9. The van der Waals surface area contributed by atoms with Gasteiger partial charge in [-0.1, -0.05) is 6.07 Å². The van der Waals surface area contributed by atoms with Crippen LogP contribution in [0.5, 0.6) is 0 Å². The number of pyridine rings is 2. The number of aromatic nitrogens is 2. The zero-order chi connectivity index (χ0) is 16.4. The maximum Gasteiger partial charge on any atom is 0.418 e. The molecule has 3 nitrogen and oxygen atoms in total. The Morgan fingerprint density at radius 2 is 2.13 bits per heavy atom. The number of nitrogens with one attached hydrogen (secondary N) is 1. The number of alkyl halides is 3. The second kappa shape index (κ2) is 6.28. The lowest BCUT2D eigenvalue weighted by Crippen LogP contribution is -2.26. The molecule has 1 unspecified atom stereocenters. The van der Waals surface area contributed by atoms with E-state index in [0.29, 0.717) is 12.2 Å². The predicted octanol–water partition coefficient (Wildman–Crippen LogP) is 3.97. The minimum absolute atomic E-state index is 0.129. The summed E-state index contributed by atoms with van der Waals surface area (Å²) in [7, 11) is 0. The van der Waals surface area contributed by atoms with Crippen molar-refractivity contribution in [3.63, 3.8) is 0 Å². The van der Waals surface area contributed by atoms with Crippen molar-refractivity contribution in [1.82, 2.24) is 15.3 Å². The van der Waals surface area contributed by atoms with Gasteiger partial charge in [0.1, 0.15) is 0 Å². The van der Waals surface area contributed by atoms with Gasteiger partial charge >= 0.3 is 6.18 Å². The third-order valence-corrected chi connectivity index (χ3v) is 4.20. The average molecular weight is 321 g/mol. The van der Waals surface area contributed by atoms with E-state index in [1.165, 1.54) is 18.6 Å². The summed E-state index contributed by atoms with van der Waals surface area (Å²) in [6, 6.07) is 5.64. The van der Waals surface area contributed by atoms with Crippen LogP contribution in [-0.2, 0) is 19.1 Å². The molecule has 1 N–H and O–H groups in total. The van der Waals surface area contributed by atoms with Crippen LogP contribution in [0.2, 0.25) is 0 Å². The molecule has 0 radical (unpaired) electrons. The molecule has 2 aromatic rings. The van der Waals surface area contributed by atoms with Crippen molar-refractivity contribution in [2.24, 2.45) is 0 Å². The molecule has 0 bridgehead atoms. The highest BCUT2D eigenvalue weighted by molar-refractivity contribution is 5.28. The number of hydrogen-bond acceptors (Lipinski definition) is 3. The second-order valence-corrected chi connectivity index (χ2v) is 5.86. The van der Waals surface area contributed by atoms with Crippen LogP contribution in [0.3, 0.4) is 0 Å². The lowest BCUT2D eigenvalue weighted by molar-refractivity contribution is -0.138. The molecule has 0 fully saturated rings. The molecule has 2 aromatic heterocycles. The summed E-state index contributed by atoms with van der Waals surface area (Å²) in [5.41, 5.74) is 2.42. The van der Waals surface area contributed by atoms with Gasteiger partial charge in [-0.05, 0) is 49.4 Å². The van der Waals surface area contributed by atoms with Crippen molar-refractivity contribution < 1.29 is 13.2 Å². The topological polar surface area (TPSA) is 37.8 Å². The first-order valence-electron chi connectivity index (χ1n) is 7.65. The van der Waals surface area contributed by atoms with Crippen LogP contribution in [-0.4, -0.2) is 9.97 Å². The van der Waals surface area contributed by atoms with Crippen molar-refractivity contribution in [1.29, 1.82) is 0 Å². The maximum absolute atomic E-state index is 12.8. The van der Waals surface area contributed by atoms with Gasteiger partial charge < -0.3 is 5.32 Å². The maximum atomic E-state index is 12.8. The third kappa shape index (κ3) is 3.52. The normalized spacial score (nSPS) is 17.8. The van der Waals surface area contributed by atoms with Crippen LogP contribution in [0, 0.1) is 6.92 Å². The van der Waals surface area contributed by atoms with Crippen LogP contribution in [0.15, 0.2) is 30.6 Å². The number of halogens is 3. The van der Waals surface area contributed by atoms with Crippen molar-refractivity contribution >= 4 is 0 Å². The molecular formula is C17H18F3N3. The molecule has 122 valence electrons. The quantitative estimate of drug-likeness (QED) is 0.929. The zero-order valence-electron chi connectivity index (χ0n) is 12.8. The van der Waals surface area contributed by atoms with Crippen molar-refractivity contribution in [3.05, 3.63) is 58.7 Å². The van der Waals surface area contributed by atoms with E-state index in [0.717, 1.165) is 31.2 Å². The fourth-order valence-electron chi connectivity index (χ4n) is 3.04. The summed E-state index contributed by atoms with van der Waals surface area (Å²) in [6.45, 7) is 1.89. The fourth-order valence-corrected chi connectivity index (χ4v) is 3.04. The Balaban J connectivity index is 1.71. The molecule has 23 heavy (non-hydrogen) atoms. The van der Waals surface area contributed by atoms with E-state index in [2.05, 4.69) is 21.4 Å². The average Bonchev–Trinajstić information content (AvgIpc) is 2.51. The molecule has 1 atom stereocenters. The number of rotatable bonds is 3. The van der Waals surface area contributed by atoms with E-state index >= 15 is 0 Å². The molecule has 0 saturated carbocycles. The molecule has 1 aliphatic carbocycles. The fraction of sp³-hybridized carbons (Fsp3) is 0.412. The van der Waals surface area contributed by atoms with Gasteiger partial charge in [-0.25, -0.2) is 0 Å². The van der Waals surface area contributed by atoms with E-state index in [1.807, 2.05) is 6.07 Å². The summed E-state index contributed by atoms with van der Waals surface area (Å²) >= 11 is 0. The van der Waals surface area contributed by atoms with Crippen molar-refractivity contribution in [2.45, 2.75) is 44.9 Å². The van der Waals surface area contributed by atoms with E-state index in [1.54, 1.807) is 6.20 Å². The Kier molecular flexibility index (Phi) is 4.35. The minimum atomic E-state index is -4.35. The third-order valence-electron chi connectivity index (χ3n) is 4.20. The van der Waals surface area contributed by atoms with Crippen LogP contribution in [0.4, 0.5) is 13.2 Å². The Morgan fingerprint density at radius 3 is 2.87 bits per heavy atom. The summed E-state index contributed by atoms with van der Waals surface area (Å²) in [4.78, 5) is 8.39. The zero-order valence-corrected chi connectivity index (χ0v) is 12.8. The second-order valence-electron chi connectivity index (χ2n) is 5.86. The van der Waals surface area contributed by atoms with E-state index in [4.69, 9.17) is 0 Å². The molecule has 0 amide bonds. The van der Waals surface area contributed by atoms with Crippen molar-refractivity contribution in [3.8, 4) is 0 Å². The first-order chi connectivity index (χ1) is 10.9. The molecule has 0 spiro atoms. The molecule has 3 rings (SSSR count). The van der Waals surface area contributed by atoms with Crippen molar-refractivity contribution in [2.75, 3.05) is 0 Å². The van der Waals surface area contributed by atoms with Gasteiger partial charge in [0.2, 0.25) is 0 Å². The summed E-state index contributed by atoms with van der Waals surface area (Å²) in [5, 5.41) is 3.37. The van der Waals surface area contributed by atoms with Gasteiger partial charge in [-0.2, -0.15) is 13.2 Å². The van der Waals surface area contributed by atoms with Gasteiger partial charge in [0.15, 0.2) is 0 Å². The van der Waals surface area contributed by atoms with Crippen LogP contribution < -0.4 is 5.32 Å². The lowest BCUT2D eigenvalue weighted by atomic mass is 9.92. The van der Waals surface area contributed by atoms with Crippen LogP contribution in [0.1, 0.15) is 47.0 Å². The molecule has 1 aliphatic rings. The first-order valence-corrected chi connectivity index (χ1v) is 7.65. The number of fused-ring (bicyclic) bond motifs is 1. The SMILES string of the molecule is Cc1cc(CNC2CCCc3cccnc32)ncc1C(F)(F)F. The predicted molar refractivity (Wildman–Crippen MR) is 80.7 cm³/mol. The smallest absolute Gasteiger partial charge is 0.303 e. The van der Waals surface area contributed by atoms with E-state index < -0.39 is 11.7 Å². The Labute approximate surface area is 133 Å². The molecular weight excluding hydrogens is 303 g/mol. The summed E-state index contributed by atoms with van der Waals surface area (Å²) in [5.74, 6) is 0. The van der Waals surface area contributed by atoms with Gasteiger partial charge in [-0.3, -0.25) is 9.97 Å².